The molecule has 0 unspecified atom stereocenters. The molecule has 0 radical (unpaired) electrons. The third-order valence-corrected chi connectivity index (χ3v) is 4.95. The first-order valence-corrected chi connectivity index (χ1v) is 9.29. The molecule has 0 atom stereocenters. The van der Waals surface area contributed by atoms with Gasteiger partial charge < -0.3 is 5.32 Å². The van der Waals surface area contributed by atoms with Gasteiger partial charge in [-0.05, 0) is 11.6 Å². The fraction of sp³-hybridized carbons (Fsp3) is 0.125. The van der Waals surface area contributed by atoms with Gasteiger partial charge in [0.25, 0.3) is 0 Å². The van der Waals surface area contributed by atoms with E-state index < -0.39 is 4.92 Å². The monoisotopic (exact) mass is 416 g/mol. The summed E-state index contributed by atoms with van der Waals surface area (Å²) in [7, 11) is 0. The second kappa shape index (κ2) is 7.74. The highest BCUT2D eigenvalue weighted by Gasteiger charge is 2.12. The van der Waals surface area contributed by atoms with E-state index >= 15 is 0 Å². The number of benzene rings is 1. The van der Waals surface area contributed by atoms with Crippen LogP contribution in [0.2, 0.25) is 5.02 Å². The first-order chi connectivity index (χ1) is 13.6. The van der Waals surface area contributed by atoms with E-state index in [4.69, 9.17) is 11.6 Å². The minimum atomic E-state index is -0.491. The highest BCUT2D eigenvalue weighted by molar-refractivity contribution is 7.15. The Balaban J connectivity index is 1.39. The zero-order valence-corrected chi connectivity index (χ0v) is 15.8. The highest BCUT2D eigenvalue weighted by atomic mass is 35.5. The molecule has 3 aromatic heterocycles. The van der Waals surface area contributed by atoms with Crippen molar-refractivity contribution >= 4 is 39.6 Å². The van der Waals surface area contributed by atoms with E-state index in [-0.39, 0.29) is 5.69 Å². The van der Waals surface area contributed by atoms with Crippen LogP contribution in [0.5, 0.6) is 0 Å². The lowest BCUT2D eigenvalue weighted by Crippen LogP contribution is -2.01. The standard InChI is InChI=1S/C16H13ClN8O2S/c17-13-4-2-1-3-11(13)8-23-6-5-14(22-23)19-16-21-20-15(28-16)10-24-9-12(7-18-24)25(26)27/h1-7,9H,8,10H2,(H,19,21,22). The Labute approximate surface area is 167 Å². The molecule has 10 nitrogen and oxygen atoms in total. The van der Waals surface area contributed by atoms with E-state index in [1.54, 1.807) is 4.68 Å². The van der Waals surface area contributed by atoms with Crippen molar-refractivity contribution in [3.8, 4) is 0 Å². The van der Waals surface area contributed by atoms with Gasteiger partial charge in [-0.1, -0.05) is 41.1 Å². The summed E-state index contributed by atoms with van der Waals surface area (Å²) in [6.07, 6.45) is 4.40. The van der Waals surface area contributed by atoms with Crippen LogP contribution in [0.15, 0.2) is 48.9 Å². The fourth-order valence-electron chi connectivity index (χ4n) is 2.47. The lowest BCUT2D eigenvalue weighted by atomic mass is 10.2. The van der Waals surface area contributed by atoms with Crippen molar-refractivity contribution in [3.63, 3.8) is 0 Å². The van der Waals surface area contributed by atoms with Crippen LogP contribution in [-0.4, -0.2) is 34.7 Å². The number of anilines is 2. The summed E-state index contributed by atoms with van der Waals surface area (Å²) in [6.45, 7) is 0.856. The Morgan fingerprint density at radius 3 is 2.82 bits per heavy atom. The number of hydrogen-bond donors (Lipinski definition) is 1. The van der Waals surface area contributed by atoms with Gasteiger partial charge in [-0.15, -0.1) is 10.2 Å². The molecule has 0 aliphatic carbocycles. The molecule has 4 rings (SSSR count). The smallest absolute Gasteiger partial charge is 0.307 e. The van der Waals surface area contributed by atoms with Gasteiger partial charge in [0.2, 0.25) is 5.13 Å². The Hall–Kier alpha value is -3.31. The van der Waals surface area contributed by atoms with Crippen molar-refractivity contribution in [2.24, 2.45) is 0 Å². The third-order valence-electron chi connectivity index (χ3n) is 3.76. The molecule has 4 aromatic rings. The average molecular weight is 417 g/mol. The van der Waals surface area contributed by atoms with Gasteiger partial charge in [0.15, 0.2) is 5.82 Å². The zero-order chi connectivity index (χ0) is 19.5. The summed E-state index contributed by atoms with van der Waals surface area (Å²) in [5, 5.41) is 32.3. The molecule has 1 N–H and O–H groups in total. The zero-order valence-electron chi connectivity index (χ0n) is 14.3. The molecule has 0 aliphatic heterocycles. The molecule has 12 heteroatoms. The summed E-state index contributed by atoms with van der Waals surface area (Å²) in [5.41, 5.74) is 0.914. The molecule has 0 fully saturated rings. The van der Waals surface area contributed by atoms with Crippen molar-refractivity contribution in [3.05, 3.63) is 74.6 Å². The van der Waals surface area contributed by atoms with E-state index in [0.29, 0.717) is 34.1 Å². The van der Waals surface area contributed by atoms with Gasteiger partial charge in [-0.25, -0.2) is 0 Å². The molecule has 28 heavy (non-hydrogen) atoms. The van der Waals surface area contributed by atoms with E-state index in [2.05, 4.69) is 25.7 Å². The first kappa shape index (κ1) is 18.1. The Morgan fingerprint density at radius 2 is 2.04 bits per heavy atom. The maximum Gasteiger partial charge on any atom is 0.307 e. The summed E-state index contributed by atoms with van der Waals surface area (Å²) in [4.78, 5) is 10.2. The maximum atomic E-state index is 10.7. The van der Waals surface area contributed by atoms with Crippen LogP contribution < -0.4 is 5.32 Å². The van der Waals surface area contributed by atoms with Crippen LogP contribution >= 0.6 is 22.9 Å². The summed E-state index contributed by atoms with van der Waals surface area (Å²) in [6, 6.07) is 9.44. The largest absolute Gasteiger partial charge is 0.313 e. The number of nitro groups is 1. The summed E-state index contributed by atoms with van der Waals surface area (Å²) < 4.78 is 3.22. The Morgan fingerprint density at radius 1 is 1.18 bits per heavy atom. The van der Waals surface area contributed by atoms with Crippen LogP contribution in [0.25, 0.3) is 0 Å². The van der Waals surface area contributed by atoms with Gasteiger partial charge in [-0.3, -0.25) is 19.5 Å². The Kier molecular flexibility index (Phi) is 5.00. The average Bonchev–Trinajstić information content (AvgIpc) is 3.40. The molecular formula is C16H13ClN8O2S. The van der Waals surface area contributed by atoms with E-state index in [9.17, 15) is 10.1 Å². The van der Waals surface area contributed by atoms with E-state index in [1.165, 1.54) is 28.4 Å². The molecule has 0 saturated carbocycles. The number of hydrogen-bond acceptors (Lipinski definition) is 8. The van der Waals surface area contributed by atoms with Crippen LogP contribution in [-0.2, 0) is 13.1 Å². The van der Waals surface area contributed by atoms with Crippen LogP contribution in [0.1, 0.15) is 10.6 Å². The number of nitrogens with one attached hydrogen (secondary N) is 1. The quantitative estimate of drug-likeness (QED) is 0.362. The van der Waals surface area contributed by atoms with Gasteiger partial charge >= 0.3 is 5.69 Å². The van der Waals surface area contributed by atoms with Gasteiger partial charge in [0.05, 0.1) is 18.0 Å². The van der Waals surface area contributed by atoms with Crippen LogP contribution in [0.4, 0.5) is 16.6 Å². The number of rotatable bonds is 7. The van der Waals surface area contributed by atoms with Crippen LogP contribution in [0, 0.1) is 10.1 Å². The van der Waals surface area contributed by atoms with Crippen molar-refractivity contribution < 1.29 is 4.92 Å². The topological polar surface area (TPSA) is 117 Å². The molecule has 0 saturated heterocycles. The SMILES string of the molecule is O=[N+]([O-])c1cnn(Cc2nnc(Nc3ccn(Cc4ccccc4Cl)n3)s2)c1. The van der Waals surface area contributed by atoms with Gasteiger partial charge in [0.1, 0.15) is 17.4 Å². The van der Waals surface area contributed by atoms with Crippen LogP contribution in [0.3, 0.4) is 0 Å². The van der Waals surface area contributed by atoms with Crippen molar-refractivity contribution in [1.29, 1.82) is 0 Å². The minimum absolute atomic E-state index is 0.0630. The van der Waals surface area contributed by atoms with Crippen molar-refractivity contribution in [2.45, 2.75) is 13.1 Å². The third kappa shape index (κ3) is 4.15. The van der Waals surface area contributed by atoms with Gasteiger partial charge in [0, 0.05) is 17.3 Å². The van der Waals surface area contributed by atoms with Crippen molar-refractivity contribution in [2.75, 3.05) is 5.32 Å². The fourth-order valence-corrected chi connectivity index (χ4v) is 3.40. The minimum Gasteiger partial charge on any atom is -0.313 e. The first-order valence-electron chi connectivity index (χ1n) is 8.10. The van der Waals surface area contributed by atoms with Crippen molar-refractivity contribution in [1.82, 2.24) is 29.8 Å². The maximum absolute atomic E-state index is 10.7. The second-order valence-corrected chi connectivity index (χ2v) is 7.24. The highest BCUT2D eigenvalue weighted by Crippen LogP contribution is 2.21. The predicted octanol–water partition coefficient (Wildman–Crippen LogP) is 3.33. The molecular weight excluding hydrogens is 404 g/mol. The molecule has 1 aromatic carbocycles. The lowest BCUT2D eigenvalue weighted by molar-refractivity contribution is -0.385. The molecule has 0 aliphatic rings. The lowest BCUT2D eigenvalue weighted by Gasteiger charge is -2.04. The van der Waals surface area contributed by atoms with E-state index in [0.717, 1.165) is 5.56 Å². The van der Waals surface area contributed by atoms with E-state index in [1.807, 2.05) is 36.5 Å². The molecule has 142 valence electrons. The number of nitrogens with zero attached hydrogens (tertiary/aromatic N) is 7. The molecule has 0 amide bonds. The molecule has 0 spiro atoms. The van der Waals surface area contributed by atoms with Gasteiger partial charge in [-0.2, -0.15) is 10.2 Å². The number of halogens is 1. The molecule has 0 bridgehead atoms. The number of aromatic nitrogens is 6. The molecule has 3 heterocycles. The second-order valence-electron chi connectivity index (χ2n) is 5.77. The summed E-state index contributed by atoms with van der Waals surface area (Å²) >= 11 is 7.50. The Bertz CT molecular complexity index is 1120. The predicted molar refractivity (Wildman–Crippen MR) is 104 cm³/mol. The summed E-state index contributed by atoms with van der Waals surface area (Å²) in [5.74, 6) is 0.629. The normalized spacial score (nSPS) is 10.9.